The lowest BCUT2D eigenvalue weighted by atomic mass is 9.98. The van der Waals surface area contributed by atoms with Crippen LogP contribution in [0.3, 0.4) is 0 Å². The molecule has 0 fully saturated rings. The van der Waals surface area contributed by atoms with Crippen LogP contribution in [0.4, 0.5) is 0 Å². The van der Waals surface area contributed by atoms with E-state index >= 15 is 0 Å². The maximum absolute atomic E-state index is 6.12. The molecule has 0 aliphatic carbocycles. The molecule has 0 aromatic heterocycles. The molecule has 0 aliphatic heterocycles. The van der Waals surface area contributed by atoms with E-state index in [0.29, 0.717) is 0 Å². The first-order chi connectivity index (χ1) is 7.74. The third kappa shape index (κ3) is 4.77. The molecule has 0 spiro atoms. The van der Waals surface area contributed by atoms with Gasteiger partial charge >= 0.3 is 0 Å². The number of ether oxygens (including phenoxy) is 1. The average molecular weight is 221 g/mol. The summed E-state index contributed by atoms with van der Waals surface area (Å²) in [4.78, 5) is 0. The highest BCUT2D eigenvalue weighted by Crippen LogP contribution is 2.11. The SMILES string of the molecule is COCCCCC(N)Cc1ccccc1C. The Morgan fingerprint density at radius 1 is 1.25 bits per heavy atom. The largest absolute Gasteiger partial charge is 0.385 e. The minimum absolute atomic E-state index is 0.276. The lowest BCUT2D eigenvalue weighted by molar-refractivity contribution is 0.191. The zero-order valence-corrected chi connectivity index (χ0v) is 10.4. The fourth-order valence-corrected chi connectivity index (χ4v) is 1.88. The van der Waals surface area contributed by atoms with Crippen molar-refractivity contribution in [2.75, 3.05) is 13.7 Å². The Morgan fingerprint density at radius 2 is 2.00 bits per heavy atom. The predicted octanol–water partition coefficient (Wildman–Crippen LogP) is 2.68. The van der Waals surface area contributed by atoms with Gasteiger partial charge in [0, 0.05) is 19.8 Å². The van der Waals surface area contributed by atoms with Crippen molar-refractivity contribution in [1.29, 1.82) is 0 Å². The third-order valence-corrected chi connectivity index (χ3v) is 2.92. The second-order valence-electron chi connectivity index (χ2n) is 4.38. The van der Waals surface area contributed by atoms with E-state index in [-0.39, 0.29) is 6.04 Å². The van der Waals surface area contributed by atoms with Gasteiger partial charge in [0.25, 0.3) is 0 Å². The summed E-state index contributed by atoms with van der Waals surface area (Å²) in [5, 5.41) is 0. The molecule has 90 valence electrons. The van der Waals surface area contributed by atoms with Crippen LogP contribution < -0.4 is 5.73 Å². The van der Waals surface area contributed by atoms with Crippen LogP contribution in [0.25, 0.3) is 0 Å². The molecule has 0 saturated heterocycles. The van der Waals surface area contributed by atoms with Crippen molar-refractivity contribution in [1.82, 2.24) is 0 Å². The van der Waals surface area contributed by atoms with Crippen molar-refractivity contribution >= 4 is 0 Å². The van der Waals surface area contributed by atoms with Gasteiger partial charge in [-0.2, -0.15) is 0 Å². The molecule has 1 rings (SSSR count). The maximum atomic E-state index is 6.12. The van der Waals surface area contributed by atoms with Crippen LogP contribution in [-0.2, 0) is 11.2 Å². The summed E-state index contributed by atoms with van der Waals surface area (Å²) < 4.78 is 5.02. The molecule has 2 nitrogen and oxygen atoms in total. The highest BCUT2D eigenvalue weighted by Gasteiger charge is 2.05. The van der Waals surface area contributed by atoms with Crippen molar-refractivity contribution in [2.24, 2.45) is 5.73 Å². The van der Waals surface area contributed by atoms with E-state index in [4.69, 9.17) is 10.5 Å². The van der Waals surface area contributed by atoms with Crippen LogP contribution >= 0.6 is 0 Å². The summed E-state index contributed by atoms with van der Waals surface area (Å²) in [6.07, 6.45) is 4.33. The lowest BCUT2D eigenvalue weighted by Gasteiger charge is -2.13. The van der Waals surface area contributed by atoms with Crippen LogP contribution in [0, 0.1) is 6.92 Å². The Bertz CT molecular complexity index is 299. The molecule has 0 amide bonds. The first kappa shape index (κ1) is 13.2. The van der Waals surface area contributed by atoms with E-state index in [2.05, 4.69) is 31.2 Å². The van der Waals surface area contributed by atoms with Crippen molar-refractivity contribution in [2.45, 2.75) is 38.6 Å². The Kier molecular flexibility index (Phi) is 6.12. The van der Waals surface area contributed by atoms with Gasteiger partial charge in [-0.15, -0.1) is 0 Å². The molecule has 0 radical (unpaired) electrons. The monoisotopic (exact) mass is 221 g/mol. The molecule has 0 aliphatic rings. The molecule has 0 bridgehead atoms. The van der Waals surface area contributed by atoms with E-state index in [0.717, 1.165) is 32.3 Å². The number of unbranched alkanes of at least 4 members (excludes halogenated alkanes) is 1. The van der Waals surface area contributed by atoms with Gasteiger partial charge < -0.3 is 10.5 Å². The second-order valence-corrected chi connectivity index (χ2v) is 4.38. The maximum Gasteiger partial charge on any atom is 0.0462 e. The van der Waals surface area contributed by atoms with Gasteiger partial charge in [0.1, 0.15) is 0 Å². The molecule has 1 aromatic carbocycles. The molecule has 1 unspecified atom stereocenters. The van der Waals surface area contributed by atoms with E-state index in [1.54, 1.807) is 7.11 Å². The van der Waals surface area contributed by atoms with Gasteiger partial charge in [0.2, 0.25) is 0 Å². The lowest BCUT2D eigenvalue weighted by Crippen LogP contribution is -2.23. The van der Waals surface area contributed by atoms with Crippen molar-refractivity contribution < 1.29 is 4.74 Å². The van der Waals surface area contributed by atoms with Crippen molar-refractivity contribution in [3.63, 3.8) is 0 Å². The molecule has 2 N–H and O–H groups in total. The Balaban J connectivity index is 2.28. The molecule has 0 saturated carbocycles. The molecule has 1 atom stereocenters. The van der Waals surface area contributed by atoms with Gasteiger partial charge in [0.05, 0.1) is 0 Å². The van der Waals surface area contributed by atoms with E-state index in [1.165, 1.54) is 11.1 Å². The van der Waals surface area contributed by atoms with Crippen molar-refractivity contribution in [3.05, 3.63) is 35.4 Å². The van der Waals surface area contributed by atoms with Crippen LogP contribution in [0.5, 0.6) is 0 Å². The summed E-state index contributed by atoms with van der Waals surface area (Å²) in [6.45, 7) is 2.99. The number of aryl methyl sites for hydroxylation is 1. The fourth-order valence-electron chi connectivity index (χ4n) is 1.88. The van der Waals surface area contributed by atoms with Gasteiger partial charge in [-0.05, 0) is 43.7 Å². The summed E-state index contributed by atoms with van der Waals surface area (Å²) in [7, 11) is 1.74. The number of nitrogens with two attached hydrogens (primary N) is 1. The smallest absolute Gasteiger partial charge is 0.0462 e. The van der Waals surface area contributed by atoms with Gasteiger partial charge in [0.15, 0.2) is 0 Å². The molecule has 1 aromatic rings. The van der Waals surface area contributed by atoms with E-state index in [1.807, 2.05) is 0 Å². The standard InChI is InChI=1S/C14H23NO/c1-12-7-3-4-8-13(12)11-14(15)9-5-6-10-16-2/h3-4,7-8,14H,5-6,9-11,15H2,1-2H3. The summed E-state index contributed by atoms with van der Waals surface area (Å²) in [5.74, 6) is 0. The number of methoxy groups -OCH3 is 1. The quantitative estimate of drug-likeness (QED) is 0.718. The highest BCUT2D eigenvalue weighted by atomic mass is 16.5. The summed E-state index contributed by atoms with van der Waals surface area (Å²) in [5.41, 5.74) is 8.84. The predicted molar refractivity (Wildman–Crippen MR) is 68.6 cm³/mol. The molecule has 2 heteroatoms. The Hall–Kier alpha value is -0.860. The zero-order valence-electron chi connectivity index (χ0n) is 10.4. The molecule has 0 heterocycles. The van der Waals surface area contributed by atoms with Gasteiger partial charge in [-0.25, -0.2) is 0 Å². The van der Waals surface area contributed by atoms with Gasteiger partial charge in [-0.1, -0.05) is 24.3 Å². The van der Waals surface area contributed by atoms with E-state index < -0.39 is 0 Å². The highest BCUT2D eigenvalue weighted by molar-refractivity contribution is 5.26. The minimum atomic E-state index is 0.276. The van der Waals surface area contributed by atoms with Crippen molar-refractivity contribution in [3.8, 4) is 0 Å². The average Bonchev–Trinajstić information content (AvgIpc) is 2.28. The second kappa shape index (κ2) is 7.42. The Labute approximate surface area is 98.8 Å². The molecular weight excluding hydrogens is 198 g/mol. The topological polar surface area (TPSA) is 35.2 Å². The van der Waals surface area contributed by atoms with Crippen LogP contribution in [-0.4, -0.2) is 19.8 Å². The third-order valence-electron chi connectivity index (χ3n) is 2.92. The first-order valence-corrected chi connectivity index (χ1v) is 6.03. The fraction of sp³-hybridized carbons (Fsp3) is 0.571. The zero-order chi connectivity index (χ0) is 11.8. The van der Waals surface area contributed by atoms with E-state index in [9.17, 15) is 0 Å². The molecule has 16 heavy (non-hydrogen) atoms. The number of rotatable bonds is 7. The van der Waals surface area contributed by atoms with Crippen LogP contribution in [0.2, 0.25) is 0 Å². The number of benzene rings is 1. The Morgan fingerprint density at radius 3 is 2.69 bits per heavy atom. The first-order valence-electron chi connectivity index (χ1n) is 6.03. The minimum Gasteiger partial charge on any atom is -0.385 e. The summed E-state index contributed by atoms with van der Waals surface area (Å²) in [6, 6.07) is 8.75. The van der Waals surface area contributed by atoms with Crippen LogP contribution in [0.15, 0.2) is 24.3 Å². The van der Waals surface area contributed by atoms with Crippen LogP contribution in [0.1, 0.15) is 30.4 Å². The van der Waals surface area contributed by atoms with Gasteiger partial charge in [-0.3, -0.25) is 0 Å². The molecular formula is C14H23NO. The summed E-state index contributed by atoms with van der Waals surface area (Å²) >= 11 is 0. The number of hydrogen-bond donors (Lipinski definition) is 1. The normalized spacial score (nSPS) is 12.7. The number of hydrogen-bond acceptors (Lipinski definition) is 2.